The molecule has 0 saturated carbocycles. The van der Waals surface area contributed by atoms with Gasteiger partial charge >= 0.3 is 0 Å². The Labute approximate surface area is 115 Å². The summed E-state index contributed by atoms with van der Waals surface area (Å²) in [5, 5.41) is 0.813. The summed E-state index contributed by atoms with van der Waals surface area (Å²) in [4.78, 5) is 0. The van der Waals surface area contributed by atoms with Crippen molar-refractivity contribution in [2.45, 2.75) is 40.5 Å². The van der Waals surface area contributed by atoms with Gasteiger partial charge in [0.05, 0.1) is 6.61 Å². The number of hydrogen-bond donors (Lipinski definition) is 1. The minimum atomic E-state index is -0.00985. The Morgan fingerprint density at radius 3 is 2.44 bits per heavy atom. The van der Waals surface area contributed by atoms with E-state index in [1.165, 1.54) is 0 Å². The van der Waals surface area contributed by atoms with Gasteiger partial charge in [-0.05, 0) is 36.1 Å². The second kappa shape index (κ2) is 5.94. The van der Waals surface area contributed by atoms with E-state index in [0.29, 0.717) is 19.1 Å². The highest BCUT2D eigenvalue weighted by molar-refractivity contribution is 6.31. The van der Waals surface area contributed by atoms with Crippen LogP contribution in [0.2, 0.25) is 5.02 Å². The van der Waals surface area contributed by atoms with E-state index in [0.717, 1.165) is 21.9 Å². The van der Waals surface area contributed by atoms with Crippen molar-refractivity contribution in [2.75, 3.05) is 13.2 Å². The molecule has 0 fully saturated rings. The van der Waals surface area contributed by atoms with E-state index in [2.05, 4.69) is 33.8 Å². The molecular weight excluding hydrogens is 246 g/mol. The number of nitrogens with two attached hydrogens (primary N) is 1. The zero-order valence-corrected chi connectivity index (χ0v) is 12.8. The summed E-state index contributed by atoms with van der Waals surface area (Å²) < 4.78 is 5.90. The summed E-state index contributed by atoms with van der Waals surface area (Å²) in [7, 11) is 0. The molecule has 0 aromatic heterocycles. The maximum absolute atomic E-state index is 6.24. The number of rotatable bonds is 5. The van der Waals surface area contributed by atoms with Crippen LogP contribution >= 0.6 is 11.6 Å². The Balaban J connectivity index is 2.92. The fourth-order valence-electron chi connectivity index (χ4n) is 1.60. The fraction of sp³-hybridized carbons (Fsp3) is 0.600. The van der Waals surface area contributed by atoms with Gasteiger partial charge in [0.1, 0.15) is 5.75 Å². The Kier molecular flexibility index (Phi) is 5.06. The number of benzene rings is 1. The van der Waals surface area contributed by atoms with Gasteiger partial charge in [-0.15, -0.1) is 0 Å². The van der Waals surface area contributed by atoms with E-state index in [4.69, 9.17) is 22.1 Å². The number of aryl methyl sites for hydroxylation is 1. The first-order valence-electron chi connectivity index (χ1n) is 6.40. The highest BCUT2D eigenvalue weighted by Gasteiger charge is 2.18. The van der Waals surface area contributed by atoms with Gasteiger partial charge < -0.3 is 10.5 Å². The maximum atomic E-state index is 6.24. The van der Waals surface area contributed by atoms with Gasteiger partial charge in [-0.3, -0.25) is 0 Å². The number of halogens is 1. The van der Waals surface area contributed by atoms with Gasteiger partial charge in [0.15, 0.2) is 0 Å². The molecule has 0 unspecified atom stereocenters. The number of hydrogen-bond acceptors (Lipinski definition) is 2. The van der Waals surface area contributed by atoms with Crippen molar-refractivity contribution in [1.29, 1.82) is 0 Å². The lowest BCUT2D eigenvalue weighted by Crippen LogP contribution is -2.30. The van der Waals surface area contributed by atoms with E-state index in [1.54, 1.807) is 0 Å². The van der Waals surface area contributed by atoms with Crippen molar-refractivity contribution < 1.29 is 4.74 Å². The average molecular weight is 270 g/mol. The molecule has 1 aromatic rings. The first-order chi connectivity index (χ1) is 8.26. The molecule has 0 spiro atoms. The zero-order valence-electron chi connectivity index (χ0n) is 12.0. The third kappa shape index (κ3) is 3.89. The third-order valence-electron chi connectivity index (χ3n) is 3.09. The van der Waals surface area contributed by atoms with Crippen molar-refractivity contribution in [1.82, 2.24) is 0 Å². The van der Waals surface area contributed by atoms with Gasteiger partial charge in [-0.25, -0.2) is 0 Å². The first kappa shape index (κ1) is 15.3. The lowest BCUT2D eigenvalue weighted by atomic mass is 9.95. The van der Waals surface area contributed by atoms with Crippen molar-refractivity contribution in [2.24, 2.45) is 11.1 Å². The van der Waals surface area contributed by atoms with Crippen molar-refractivity contribution in [3.63, 3.8) is 0 Å². The summed E-state index contributed by atoms with van der Waals surface area (Å²) >= 11 is 6.24. The highest BCUT2D eigenvalue weighted by atomic mass is 35.5. The lowest BCUT2D eigenvalue weighted by molar-refractivity contribution is 0.186. The molecule has 102 valence electrons. The fourth-order valence-corrected chi connectivity index (χ4v) is 2.03. The molecule has 2 N–H and O–H groups in total. The monoisotopic (exact) mass is 269 g/mol. The van der Waals surface area contributed by atoms with E-state index in [-0.39, 0.29) is 5.41 Å². The predicted octanol–water partition coefficient (Wildman–Crippen LogP) is 4.14. The van der Waals surface area contributed by atoms with Crippen molar-refractivity contribution in [3.05, 3.63) is 28.3 Å². The van der Waals surface area contributed by atoms with Crippen molar-refractivity contribution in [3.8, 4) is 5.75 Å². The van der Waals surface area contributed by atoms with Crippen LogP contribution in [0, 0.1) is 12.3 Å². The molecule has 0 saturated heterocycles. The van der Waals surface area contributed by atoms with Gasteiger partial charge in [0.2, 0.25) is 0 Å². The Morgan fingerprint density at radius 2 is 1.94 bits per heavy atom. The van der Waals surface area contributed by atoms with Crippen LogP contribution in [-0.2, 0) is 0 Å². The topological polar surface area (TPSA) is 35.2 Å². The molecule has 0 bridgehead atoms. The molecule has 1 aromatic carbocycles. The summed E-state index contributed by atoms with van der Waals surface area (Å²) in [5.41, 5.74) is 7.89. The van der Waals surface area contributed by atoms with E-state index >= 15 is 0 Å². The average Bonchev–Trinajstić information content (AvgIpc) is 2.27. The standard InChI is InChI=1S/C15H24ClNO/c1-10(2)12-7-14(11(3)6-13(12)16)18-9-15(4,5)8-17/h6-7,10H,8-9,17H2,1-5H3. The molecule has 0 amide bonds. The van der Waals surface area contributed by atoms with Crippen LogP contribution in [0.25, 0.3) is 0 Å². The van der Waals surface area contributed by atoms with E-state index < -0.39 is 0 Å². The van der Waals surface area contributed by atoms with E-state index in [1.807, 2.05) is 13.0 Å². The Hall–Kier alpha value is -0.730. The molecule has 0 aliphatic carbocycles. The van der Waals surface area contributed by atoms with Crippen molar-refractivity contribution >= 4 is 11.6 Å². The van der Waals surface area contributed by atoms with Gasteiger partial charge in [0.25, 0.3) is 0 Å². The number of ether oxygens (including phenoxy) is 1. The molecule has 18 heavy (non-hydrogen) atoms. The van der Waals surface area contributed by atoms with Crippen LogP contribution in [0.5, 0.6) is 5.75 Å². The normalized spacial score (nSPS) is 12.0. The largest absolute Gasteiger partial charge is 0.493 e. The zero-order chi connectivity index (χ0) is 13.9. The van der Waals surface area contributed by atoms with Crippen LogP contribution in [0.1, 0.15) is 44.7 Å². The molecule has 2 nitrogen and oxygen atoms in total. The molecule has 0 atom stereocenters. The Bertz CT molecular complexity index is 413. The second-order valence-electron chi connectivity index (χ2n) is 5.95. The van der Waals surface area contributed by atoms with Gasteiger partial charge in [0, 0.05) is 17.0 Å². The maximum Gasteiger partial charge on any atom is 0.122 e. The van der Waals surface area contributed by atoms with Gasteiger partial charge in [-0.1, -0.05) is 39.3 Å². The van der Waals surface area contributed by atoms with Crippen LogP contribution in [-0.4, -0.2) is 13.2 Å². The molecule has 0 radical (unpaired) electrons. The lowest BCUT2D eigenvalue weighted by Gasteiger charge is -2.24. The quantitative estimate of drug-likeness (QED) is 0.872. The minimum Gasteiger partial charge on any atom is -0.493 e. The van der Waals surface area contributed by atoms with Crippen LogP contribution in [0.3, 0.4) is 0 Å². The van der Waals surface area contributed by atoms with Crippen LogP contribution in [0.4, 0.5) is 0 Å². The van der Waals surface area contributed by atoms with Crippen LogP contribution in [0.15, 0.2) is 12.1 Å². The summed E-state index contributed by atoms with van der Waals surface area (Å²) in [6.45, 7) is 11.7. The SMILES string of the molecule is Cc1cc(Cl)c(C(C)C)cc1OCC(C)(C)CN. The molecule has 0 heterocycles. The molecule has 0 aliphatic heterocycles. The van der Waals surface area contributed by atoms with E-state index in [9.17, 15) is 0 Å². The summed E-state index contributed by atoms with van der Waals surface area (Å²) in [5.74, 6) is 1.30. The predicted molar refractivity (Wildman–Crippen MR) is 78.6 cm³/mol. The smallest absolute Gasteiger partial charge is 0.122 e. The summed E-state index contributed by atoms with van der Waals surface area (Å²) in [6, 6.07) is 4.02. The minimum absolute atomic E-state index is 0.00985. The molecule has 1 rings (SSSR count). The molecule has 0 aliphatic rings. The van der Waals surface area contributed by atoms with Crippen LogP contribution < -0.4 is 10.5 Å². The first-order valence-corrected chi connectivity index (χ1v) is 6.77. The third-order valence-corrected chi connectivity index (χ3v) is 3.41. The molecular formula is C15H24ClNO. The van der Waals surface area contributed by atoms with Gasteiger partial charge in [-0.2, -0.15) is 0 Å². The highest BCUT2D eigenvalue weighted by Crippen LogP contribution is 2.32. The second-order valence-corrected chi connectivity index (χ2v) is 6.36. The summed E-state index contributed by atoms with van der Waals surface area (Å²) in [6.07, 6.45) is 0. The molecule has 3 heteroatoms. The Morgan fingerprint density at radius 1 is 1.33 bits per heavy atom.